The molecule has 0 bridgehead atoms. The van der Waals surface area contributed by atoms with Gasteiger partial charge in [0.25, 0.3) is 0 Å². The summed E-state index contributed by atoms with van der Waals surface area (Å²) in [6.07, 6.45) is 0. The van der Waals surface area contributed by atoms with E-state index in [1.807, 2.05) is 0 Å². The zero-order valence-corrected chi connectivity index (χ0v) is 13.6. The predicted octanol–water partition coefficient (Wildman–Crippen LogP) is 2.50. The Morgan fingerprint density at radius 1 is 1.42 bits per heavy atom. The maximum Gasteiger partial charge on any atom is 0.107 e. The number of methoxy groups -OCH3 is 1. The molecule has 5 heteroatoms. The summed E-state index contributed by atoms with van der Waals surface area (Å²) in [4.78, 5) is 7.07. The van der Waals surface area contributed by atoms with E-state index in [1.165, 1.54) is 5.01 Å². The molecule has 0 spiro atoms. The molecule has 1 unspecified atom stereocenters. The second kappa shape index (κ2) is 8.64. The fourth-order valence-corrected chi connectivity index (χ4v) is 2.66. The summed E-state index contributed by atoms with van der Waals surface area (Å²) in [6, 6.07) is 0.926. The lowest BCUT2D eigenvalue weighted by atomic mass is 10.3. The van der Waals surface area contributed by atoms with Crippen LogP contribution in [0.4, 0.5) is 0 Å². The average Bonchev–Trinajstić information content (AvgIpc) is 2.81. The minimum absolute atomic E-state index is 0.425. The van der Waals surface area contributed by atoms with Crippen LogP contribution in [0, 0.1) is 0 Å². The molecule has 1 aromatic heterocycles. The first-order chi connectivity index (χ1) is 9.06. The summed E-state index contributed by atoms with van der Waals surface area (Å²) in [5, 5.41) is 6.73. The Morgan fingerprint density at radius 3 is 2.74 bits per heavy atom. The van der Waals surface area contributed by atoms with Gasteiger partial charge < -0.3 is 10.1 Å². The second-order valence-corrected chi connectivity index (χ2v) is 6.08. The maximum absolute atomic E-state index is 5.22. The van der Waals surface area contributed by atoms with Crippen LogP contribution in [0.5, 0.6) is 0 Å². The molecule has 19 heavy (non-hydrogen) atoms. The molecule has 0 saturated heterocycles. The SMILES string of the molecule is CCN(Cc1csc(CNC(C)C)n1)C(C)COC. The Hall–Kier alpha value is -0.490. The smallest absolute Gasteiger partial charge is 0.107 e. The van der Waals surface area contributed by atoms with Crippen molar-refractivity contribution < 1.29 is 4.74 Å². The van der Waals surface area contributed by atoms with Crippen molar-refractivity contribution in [1.82, 2.24) is 15.2 Å². The number of nitrogens with one attached hydrogen (secondary N) is 1. The quantitative estimate of drug-likeness (QED) is 0.756. The fourth-order valence-electron chi connectivity index (χ4n) is 1.93. The van der Waals surface area contributed by atoms with Crippen LogP contribution in [0.3, 0.4) is 0 Å². The molecular weight excluding hydrogens is 258 g/mol. The first kappa shape index (κ1) is 16.6. The molecule has 0 amide bonds. The lowest BCUT2D eigenvalue weighted by Crippen LogP contribution is -2.35. The normalized spacial score (nSPS) is 13.4. The molecule has 1 N–H and O–H groups in total. The van der Waals surface area contributed by atoms with E-state index in [0.29, 0.717) is 12.1 Å². The van der Waals surface area contributed by atoms with E-state index >= 15 is 0 Å². The highest BCUT2D eigenvalue weighted by Gasteiger charge is 2.14. The largest absolute Gasteiger partial charge is 0.383 e. The Morgan fingerprint density at radius 2 is 2.16 bits per heavy atom. The fraction of sp³-hybridized carbons (Fsp3) is 0.786. The van der Waals surface area contributed by atoms with E-state index < -0.39 is 0 Å². The van der Waals surface area contributed by atoms with Gasteiger partial charge in [0.05, 0.1) is 12.3 Å². The van der Waals surface area contributed by atoms with Crippen molar-refractivity contribution in [2.45, 2.75) is 52.9 Å². The molecule has 110 valence electrons. The van der Waals surface area contributed by atoms with Gasteiger partial charge in [-0.25, -0.2) is 4.98 Å². The van der Waals surface area contributed by atoms with Crippen molar-refractivity contribution >= 4 is 11.3 Å². The molecule has 0 aliphatic rings. The number of rotatable bonds is 9. The van der Waals surface area contributed by atoms with Crippen LogP contribution < -0.4 is 5.32 Å². The van der Waals surface area contributed by atoms with E-state index in [0.717, 1.165) is 31.9 Å². The van der Waals surface area contributed by atoms with Gasteiger partial charge in [-0.1, -0.05) is 20.8 Å². The van der Waals surface area contributed by atoms with Crippen LogP contribution in [-0.2, 0) is 17.8 Å². The molecule has 1 rings (SSSR count). The third-order valence-electron chi connectivity index (χ3n) is 3.06. The Balaban J connectivity index is 2.51. The average molecular weight is 285 g/mol. The second-order valence-electron chi connectivity index (χ2n) is 5.14. The lowest BCUT2D eigenvalue weighted by Gasteiger charge is -2.26. The lowest BCUT2D eigenvalue weighted by molar-refractivity contribution is 0.0975. The minimum Gasteiger partial charge on any atom is -0.383 e. The van der Waals surface area contributed by atoms with E-state index in [4.69, 9.17) is 4.74 Å². The highest BCUT2D eigenvalue weighted by atomic mass is 32.1. The number of nitrogens with zero attached hydrogens (tertiary/aromatic N) is 2. The third kappa shape index (κ3) is 5.99. The molecule has 0 saturated carbocycles. The summed E-state index contributed by atoms with van der Waals surface area (Å²) in [5.74, 6) is 0. The van der Waals surface area contributed by atoms with Crippen molar-refractivity contribution in [3.8, 4) is 0 Å². The molecule has 0 fully saturated rings. The summed E-state index contributed by atoms with van der Waals surface area (Å²) >= 11 is 1.74. The van der Waals surface area contributed by atoms with Gasteiger partial charge in [-0.05, 0) is 13.5 Å². The van der Waals surface area contributed by atoms with Gasteiger partial charge in [0.15, 0.2) is 0 Å². The Bertz CT molecular complexity index is 354. The van der Waals surface area contributed by atoms with E-state index in [-0.39, 0.29) is 0 Å². The van der Waals surface area contributed by atoms with Crippen molar-refractivity contribution in [1.29, 1.82) is 0 Å². The van der Waals surface area contributed by atoms with E-state index in [1.54, 1.807) is 18.4 Å². The van der Waals surface area contributed by atoms with Gasteiger partial charge in [-0.3, -0.25) is 4.90 Å². The van der Waals surface area contributed by atoms with Crippen LogP contribution in [0.25, 0.3) is 0 Å². The number of aromatic nitrogens is 1. The molecule has 1 atom stereocenters. The molecule has 4 nitrogen and oxygen atoms in total. The van der Waals surface area contributed by atoms with Gasteiger partial charge in [0.1, 0.15) is 5.01 Å². The first-order valence-electron chi connectivity index (χ1n) is 6.96. The minimum atomic E-state index is 0.425. The molecule has 1 heterocycles. The number of likely N-dealkylation sites (N-methyl/N-ethyl adjacent to an activating group) is 1. The van der Waals surface area contributed by atoms with Crippen LogP contribution >= 0.6 is 11.3 Å². The number of hydrogen-bond donors (Lipinski definition) is 1. The van der Waals surface area contributed by atoms with Crippen LogP contribution in [0.2, 0.25) is 0 Å². The van der Waals surface area contributed by atoms with E-state index in [2.05, 4.69) is 48.3 Å². The van der Waals surface area contributed by atoms with Crippen molar-refractivity contribution in [3.05, 3.63) is 16.1 Å². The monoisotopic (exact) mass is 285 g/mol. The summed E-state index contributed by atoms with van der Waals surface area (Å²) in [7, 11) is 1.75. The van der Waals surface area contributed by atoms with Crippen molar-refractivity contribution in [2.24, 2.45) is 0 Å². The van der Waals surface area contributed by atoms with Crippen LogP contribution in [0.1, 0.15) is 38.4 Å². The molecule has 0 radical (unpaired) electrons. The molecule has 0 aromatic carbocycles. The van der Waals surface area contributed by atoms with Gasteiger partial charge in [0.2, 0.25) is 0 Å². The topological polar surface area (TPSA) is 37.4 Å². The zero-order valence-electron chi connectivity index (χ0n) is 12.8. The number of hydrogen-bond acceptors (Lipinski definition) is 5. The van der Waals surface area contributed by atoms with Crippen LogP contribution in [-0.4, -0.2) is 42.2 Å². The molecule has 0 aliphatic carbocycles. The zero-order chi connectivity index (χ0) is 14.3. The summed E-state index contributed by atoms with van der Waals surface area (Å²) in [6.45, 7) is 12.2. The number of ether oxygens (including phenoxy) is 1. The van der Waals surface area contributed by atoms with Crippen molar-refractivity contribution in [2.75, 3.05) is 20.3 Å². The number of thiazole rings is 1. The third-order valence-corrected chi connectivity index (χ3v) is 3.96. The van der Waals surface area contributed by atoms with Gasteiger partial charge in [-0.15, -0.1) is 11.3 Å². The first-order valence-corrected chi connectivity index (χ1v) is 7.84. The maximum atomic E-state index is 5.22. The molecule has 1 aromatic rings. The molecular formula is C14H27N3OS. The summed E-state index contributed by atoms with van der Waals surface area (Å²) in [5.41, 5.74) is 1.16. The van der Waals surface area contributed by atoms with Gasteiger partial charge in [-0.2, -0.15) is 0 Å². The summed E-state index contributed by atoms with van der Waals surface area (Å²) < 4.78 is 5.22. The van der Waals surface area contributed by atoms with Gasteiger partial charge >= 0.3 is 0 Å². The van der Waals surface area contributed by atoms with Crippen LogP contribution in [0.15, 0.2) is 5.38 Å². The van der Waals surface area contributed by atoms with Gasteiger partial charge in [0, 0.05) is 37.7 Å². The van der Waals surface area contributed by atoms with E-state index in [9.17, 15) is 0 Å². The highest BCUT2D eigenvalue weighted by Crippen LogP contribution is 2.13. The Labute approximate surface area is 121 Å². The highest BCUT2D eigenvalue weighted by molar-refractivity contribution is 7.09. The Kier molecular flexibility index (Phi) is 7.53. The predicted molar refractivity (Wildman–Crippen MR) is 81.5 cm³/mol. The molecule has 0 aliphatic heterocycles. The van der Waals surface area contributed by atoms with Crippen molar-refractivity contribution in [3.63, 3.8) is 0 Å². The standard InChI is InChI=1S/C14H27N3OS/c1-6-17(12(4)9-18-5)8-13-10-19-14(16-13)7-15-11(2)3/h10-12,15H,6-9H2,1-5H3.